The molecule has 0 heterocycles. The van der Waals surface area contributed by atoms with E-state index in [0.29, 0.717) is 15.7 Å². The van der Waals surface area contributed by atoms with Crippen molar-refractivity contribution in [3.05, 3.63) is 63.9 Å². The molecule has 108 valence electrons. The van der Waals surface area contributed by atoms with Crippen molar-refractivity contribution in [3.63, 3.8) is 0 Å². The van der Waals surface area contributed by atoms with Crippen LogP contribution in [0.4, 0.5) is 10.1 Å². The molecule has 3 rings (SSSR count). The van der Waals surface area contributed by atoms with Crippen LogP contribution in [0.2, 0.25) is 0 Å². The highest BCUT2D eigenvalue weighted by Gasteiger charge is 2.50. The average Bonchev–Trinajstić information content (AvgIpc) is 3.19. The zero-order chi connectivity index (χ0) is 15.0. The first kappa shape index (κ1) is 14.3. The van der Waals surface area contributed by atoms with Crippen LogP contribution in [0.3, 0.4) is 0 Å². The van der Waals surface area contributed by atoms with E-state index < -0.39 is 5.41 Å². The molecular weight excluding hydrogens is 333 g/mol. The maximum atomic E-state index is 13.4. The van der Waals surface area contributed by atoms with Crippen LogP contribution in [-0.4, -0.2) is 5.78 Å². The van der Waals surface area contributed by atoms with Gasteiger partial charge in [0.25, 0.3) is 0 Å². The van der Waals surface area contributed by atoms with Gasteiger partial charge in [-0.2, -0.15) is 0 Å². The van der Waals surface area contributed by atoms with Gasteiger partial charge in [0.1, 0.15) is 11.6 Å². The fourth-order valence-electron chi connectivity index (χ4n) is 2.72. The molecule has 2 nitrogen and oxygen atoms in total. The Morgan fingerprint density at radius 1 is 1.19 bits per heavy atom. The molecule has 0 atom stereocenters. The van der Waals surface area contributed by atoms with E-state index in [2.05, 4.69) is 15.9 Å². The fourth-order valence-corrected chi connectivity index (χ4v) is 3.24. The third kappa shape index (κ3) is 2.86. The summed E-state index contributed by atoms with van der Waals surface area (Å²) in [5, 5.41) is 0. The van der Waals surface area contributed by atoms with Crippen molar-refractivity contribution in [2.75, 3.05) is 5.73 Å². The summed E-state index contributed by atoms with van der Waals surface area (Å²) in [5.41, 5.74) is 7.70. The summed E-state index contributed by atoms with van der Waals surface area (Å²) in [7, 11) is 0. The highest BCUT2D eigenvalue weighted by molar-refractivity contribution is 9.10. The van der Waals surface area contributed by atoms with Gasteiger partial charge in [0.2, 0.25) is 0 Å². The molecule has 4 heteroatoms. The minimum atomic E-state index is -0.396. The van der Waals surface area contributed by atoms with E-state index in [4.69, 9.17) is 5.73 Å². The topological polar surface area (TPSA) is 43.1 Å². The molecule has 0 bridgehead atoms. The monoisotopic (exact) mass is 347 g/mol. The summed E-state index contributed by atoms with van der Waals surface area (Å²) in [6.45, 7) is 0. The molecule has 1 fully saturated rings. The number of nitrogens with two attached hydrogens (primary N) is 1. The van der Waals surface area contributed by atoms with E-state index in [0.717, 1.165) is 18.4 Å². The Balaban J connectivity index is 1.83. The normalized spacial score (nSPS) is 15.7. The van der Waals surface area contributed by atoms with Crippen molar-refractivity contribution >= 4 is 27.4 Å². The van der Waals surface area contributed by atoms with Gasteiger partial charge in [0.15, 0.2) is 0 Å². The highest BCUT2D eigenvalue weighted by Crippen LogP contribution is 2.49. The lowest BCUT2D eigenvalue weighted by Gasteiger charge is -2.15. The van der Waals surface area contributed by atoms with Gasteiger partial charge >= 0.3 is 0 Å². The molecule has 1 aliphatic carbocycles. The van der Waals surface area contributed by atoms with Crippen LogP contribution in [0, 0.1) is 5.82 Å². The number of benzene rings is 2. The Morgan fingerprint density at radius 2 is 1.86 bits per heavy atom. The predicted molar refractivity (Wildman–Crippen MR) is 84.6 cm³/mol. The van der Waals surface area contributed by atoms with Crippen molar-refractivity contribution in [3.8, 4) is 0 Å². The molecule has 2 aromatic carbocycles. The molecule has 21 heavy (non-hydrogen) atoms. The lowest BCUT2D eigenvalue weighted by atomic mass is 9.88. The van der Waals surface area contributed by atoms with Crippen LogP contribution >= 0.6 is 15.9 Å². The van der Waals surface area contributed by atoms with E-state index in [1.807, 2.05) is 24.3 Å². The van der Waals surface area contributed by atoms with Gasteiger partial charge in [0, 0.05) is 16.6 Å². The maximum Gasteiger partial charge on any atom is 0.147 e. The first-order chi connectivity index (χ1) is 9.99. The summed E-state index contributed by atoms with van der Waals surface area (Å²) >= 11 is 3.26. The number of ketones is 1. The first-order valence-corrected chi connectivity index (χ1v) is 7.63. The van der Waals surface area contributed by atoms with Crippen LogP contribution in [0.5, 0.6) is 0 Å². The van der Waals surface area contributed by atoms with E-state index >= 15 is 0 Å². The summed E-state index contributed by atoms with van der Waals surface area (Å²) in [6, 6.07) is 12.1. The molecule has 0 unspecified atom stereocenters. The van der Waals surface area contributed by atoms with Crippen LogP contribution in [0.15, 0.2) is 46.9 Å². The van der Waals surface area contributed by atoms with Crippen molar-refractivity contribution in [1.29, 1.82) is 0 Å². The fraction of sp³-hybridized carbons (Fsp3) is 0.235. The number of carbonyl (C=O) groups is 1. The van der Waals surface area contributed by atoms with Crippen molar-refractivity contribution in [1.82, 2.24) is 0 Å². The number of Topliss-reactive ketones (excluding diaryl/α,β-unsaturated/α-hetero) is 1. The van der Waals surface area contributed by atoms with Gasteiger partial charge in [-0.05, 0) is 54.3 Å². The molecule has 0 amide bonds. The Kier molecular flexibility index (Phi) is 3.57. The average molecular weight is 348 g/mol. The van der Waals surface area contributed by atoms with Crippen LogP contribution in [0.1, 0.15) is 24.0 Å². The Hall–Kier alpha value is -1.68. The first-order valence-electron chi connectivity index (χ1n) is 6.84. The second-order valence-corrected chi connectivity index (χ2v) is 6.50. The summed E-state index contributed by atoms with van der Waals surface area (Å²) < 4.78 is 14.1. The second-order valence-electron chi connectivity index (χ2n) is 5.58. The lowest BCUT2D eigenvalue weighted by molar-refractivity contribution is -0.120. The Labute approximate surface area is 131 Å². The van der Waals surface area contributed by atoms with E-state index in [9.17, 15) is 9.18 Å². The van der Waals surface area contributed by atoms with E-state index in [-0.39, 0.29) is 18.0 Å². The molecule has 0 aliphatic heterocycles. The molecule has 1 saturated carbocycles. The number of anilines is 1. The SMILES string of the molecule is Nc1ccc(C2(C(=O)Cc3cc(F)cc(Br)c3)CC2)cc1. The minimum absolute atomic E-state index is 0.143. The predicted octanol–water partition coefficient (Wildman–Crippen LogP) is 4.01. The Morgan fingerprint density at radius 3 is 2.43 bits per heavy atom. The van der Waals surface area contributed by atoms with Crippen LogP contribution < -0.4 is 5.73 Å². The number of hydrogen-bond donors (Lipinski definition) is 1. The molecule has 0 saturated heterocycles. The smallest absolute Gasteiger partial charge is 0.147 e. The zero-order valence-corrected chi connectivity index (χ0v) is 13.0. The van der Waals surface area contributed by atoms with Gasteiger partial charge in [-0.3, -0.25) is 4.79 Å². The van der Waals surface area contributed by atoms with Gasteiger partial charge in [0.05, 0.1) is 5.41 Å². The minimum Gasteiger partial charge on any atom is -0.399 e. The van der Waals surface area contributed by atoms with Crippen molar-refractivity contribution < 1.29 is 9.18 Å². The number of carbonyl (C=O) groups excluding carboxylic acids is 1. The van der Waals surface area contributed by atoms with Gasteiger partial charge in [-0.25, -0.2) is 4.39 Å². The van der Waals surface area contributed by atoms with Crippen molar-refractivity contribution in [2.24, 2.45) is 0 Å². The van der Waals surface area contributed by atoms with Crippen LogP contribution in [-0.2, 0) is 16.6 Å². The van der Waals surface area contributed by atoms with E-state index in [1.54, 1.807) is 6.07 Å². The molecule has 0 radical (unpaired) electrons. The molecule has 0 spiro atoms. The Bertz CT molecular complexity index is 672. The van der Waals surface area contributed by atoms with Gasteiger partial charge in [-0.15, -0.1) is 0 Å². The number of nitrogen functional groups attached to an aromatic ring is 1. The van der Waals surface area contributed by atoms with Gasteiger partial charge in [-0.1, -0.05) is 28.1 Å². The quantitative estimate of drug-likeness (QED) is 0.849. The lowest BCUT2D eigenvalue weighted by Crippen LogP contribution is -2.22. The largest absolute Gasteiger partial charge is 0.399 e. The second kappa shape index (κ2) is 5.26. The molecule has 2 aromatic rings. The number of hydrogen-bond acceptors (Lipinski definition) is 2. The third-order valence-electron chi connectivity index (χ3n) is 4.03. The molecular formula is C17H15BrFNO. The molecule has 0 aromatic heterocycles. The summed E-state index contributed by atoms with van der Waals surface area (Å²) in [6.07, 6.45) is 1.96. The highest BCUT2D eigenvalue weighted by atomic mass is 79.9. The van der Waals surface area contributed by atoms with Crippen molar-refractivity contribution in [2.45, 2.75) is 24.7 Å². The van der Waals surface area contributed by atoms with E-state index in [1.165, 1.54) is 12.1 Å². The number of halogens is 2. The number of rotatable bonds is 4. The molecule has 2 N–H and O–H groups in total. The standard InChI is InChI=1S/C17H15BrFNO/c18-13-7-11(8-14(19)10-13)9-16(21)17(5-6-17)12-1-3-15(20)4-2-12/h1-4,7-8,10H,5-6,9,20H2. The maximum absolute atomic E-state index is 13.4. The zero-order valence-electron chi connectivity index (χ0n) is 11.4. The summed E-state index contributed by atoms with van der Waals surface area (Å²) in [5.74, 6) is -0.186. The third-order valence-corrected chi connectivity index (χ3v) is 4.49. The molecule has 1 aliphatic rings. The van der Waals surface area contributed by atoms with Gasteiger partial charge < -0.3 is 5.73 Å². The van der Waals surface area contributed by atoms with Crippen LogP contribution in [0.25, 0.3) is 0 Å². The summed E-state index contributed by atoms with van der Waals surface area (Å²) in [4.78, 5) is 12.6.